The number of methoxy groups -OCH3 is 1. The molecule has 1 saturated heterocycles. The van der Waals surface area contributed by atoms with Crippen LogP contribution in [0.4, 0.5) is 0 Å². The van der Waals surface area contributed by atoms with Crippen LogP contribution in [0.5, 0.6) is 0 Å². The third-order valence-corrected chi connectivity index (χ3v) is 4.62. The van der Waals surface area contributed by atoms with Crippen LogP contribution in [-0.2, 0) is 28.9 Å². The molecule has 2 aliphatic rings. The maximum absolute atomic E-state index is 12.5. The summed E-state index contributed by atoms with van der Waals surface area (Å²) in [5.74, 6) is 0.772. The van der Waals surface area contributed by atoms with Gasteiger partial charge in [0.05, 0.1) is 13.0 Å². The van der Waals surface area contributed by atoms with E-state index in [1.807, 2.05) is 4.90 Å². The number of fused-ring (bicyclic) bond motifs is 1. The Morgan fingerprint density at radius 3 is 3.24 bits per heavy atom. The summed E-state index contributed by atoms with van der Waals surface area (Å²) in [6, 6.07) is 6.36. The largest absolute Gasteiger partial charge is 0.384 e. The molecule has 1 aromatic carbocycles. The van der Waals surface area contributed by atoms with E-state index in [-0.39, 0.29) is 5.91 Å². The third kappa shape index (κ3) is 3.27. The van der Waals surface area contributed by atoms with Crippen molar-refractivity contribution in [3.8, 4) is 0 Å². The summed E-state index contributed by atoms with van der Waals surface area (Å²) in [4.78, 5) is 14.5. The van der Waals surface area contributed by atoms with Crippen molar-refractivity contribution in [1.82, 2.24) is 10.2 Å². The molecule has 0 bridgehead atoms. The fourth-order valence-corrected chi connectivity index (χ4v) is 3.48. The number of hydrogen-bond acceptors (Lipinski definition) is 3. The number of hydrogen-bond donors (Lipinski definition) is 1. The van der Waals surface area contributed by atoms with Crippen molar-refractivity contribution in [2.24, 2.45) is 5.92 Å². The monoisotopic (exact) mass is 288 g/mol. The fourth-order valence-electron chi connectivity index (χ4n) is 3.48. The van der Waals surface area contributed by atoms with Gasteiger partial charge in [-0.25, -0.2) is 0 Å². The number of ether oxygens (including phenoxy) is 1. The van der Waals surface area contributed by atoms with E-state index < -0.39 is 0 Å². The molecule has 1 aromatic rings. The van der Waals surface area contributed by atoms with Crippen molar-refractivity contribution >= 4 is 5.91 Å². The summed E-state index contributed by atoms with van der Waals surface area (Å²) < 4.78 is 5.20. The zero-order chi connectivity index (χ0) is 14.7. The molecule has 1 fully saturated rings. The molecule has 1 amide bonds. The highest BCUT2D eigenvalue weighted by molar-refractivity contribution is 5.79. The Morgan fingerprint density at radius 1 is 1.48 bits per heavy atom. The Bertz CT molecular complexity index is 516. The lowest BCUT2D eigenvalue weighted by Gasteiger charge is -2.22. The minimum Gasteiger partial charge on any atom is -0.384 e. The first-order valence-electron chi connectivity index (χ1n) is 7.85. The zero-order valence-electron chi connectivity index (χ0n) is 12.7. The number of likely N-dealkylation sites (tertiary alicyclic amines) is 1. The second-order valence-corrected chi connectivity index (χ2v) is 6.11. The van der Waals surface area contributed by atoms with E-state index in [9.17, 15) is 4.79 Å². The summed E-state index contributed by atoms with van der Waals surface area (Å²) in [6.45, 7) is 4.43. The average Bonchev–Trinajstić information content (AvgIpc) is 2.97. The highest BCUT2D eigenvalue weighted by atomic mass is 16.5. The molecule has 0 aliphatic carbocycles. The number of nitrogens with one attached hydrogen (secondary N) is 1. The molecule has 4 heteroatoms. The number of benzene rings is 1. The van der Waals surface area contributed by atoms with Gasteiger partial charge < -0.3 is 15.0 Å². The van der Waals surface area contributed by atoms with Gasteiger partial charge in [0.1, 0.15) is 0 Å². The number of amides is 1. The van der Waals surface area contributed by atoms with Crippen molar-refractivity contribution in [2.45, 2.75) is 25.8 Å². The molecule has 2 aliphatic heterocycles. The molecule has 0 spiro atoms. The molecular weight excluding hydrogens is 264 g/mol. The van der Waals surface area contributed by atoms with E-state index >= 15 is 0 Å². The topological polar surface area (TPSA) is 41.6 Å². The number of nitrogens with zero attached hydrogens (tertiary/aromatic N) is 1. The van der Waals surface area contributed by atoms with Crippen molar-refractivity contribution in [3.05, 3.63) is 34.9 Å². The highest BCUT2D eigenvalue weighted by Gasteiger charge is 2.26. The van der Waals surface area contributed by atoms with Crippen LogP contribution in [-0.4, -0.2) is 44.2 Å². The maximum Gasteiger partial charge on any atom is 0.227 e. The predicted octanol–water partition coefficient (Wildman–Crippen LogP) is 1.37. The SMILES string of the molecule is COCC1CCN(C(=O)Cc2cccc3c2CCNC3)C1. The van der Waals surface area contributed by atoms with Crippen molar-refractivity contribution in [3.63, 3.8) is 0 Å². The van der Waals surface area contributed by atoms with Crippen LogP contribution in [0.1, 0.15) is 23.1 Å². The Morgan fingerprint density at radius 2 is 2.38 bits per heavy atom. The molecule has 3 rings (SSSR count). The Kier molecular flexibility index (Phi) is 4.56. The van der Waals surface area contributed by atoms with E-state index in [2.05, 4.69) is 23.5 Å². The number of carbonyl (C=O) groups excluding carboxylic acids is 1. The first-order chi connectivity index (χ1) is 10.3. The van der Waals surface area contributed by atoms with Gasteiger partial charge in [0.15, 0.2) is 0 Å². The summed E-state index contributed by atoms with van der Waals surface area (Å²) in [5, 5.41) is 3.39. The van der Waals surface area contributed by atoms with Crippen molar-refractivity contribution < 1.29 is 9.53 Å². The van der Waals surface area contributed by atoms with Gasteiger partial charge in [-0.05, 0) is 36.1 Å². The lowest BCUT2D eigenvalue weighted by atomic mass is 9.93. The molecule has 114 valence electrons. The average molecular weight is 288 g/mol. The molecule has 1 unspecified atom stereocenters. The Hall–Kier alpha value is -1.39. The van der Waals surface area contributed by atoms with Gasteiger partial charge in [-0.2, -0.15) is 0 Å². The summed E-state index contributed by atoms with van der Waals surface area (Å²) in [5.41, 5.74) is 3.96. The molecular formula is C17H24N2O2. The first kappa shape index (κ1) is 14.5. The van der Waals surface area contributed by atoms with Gasteiger partial charge in [0, 0.05) is 32.7 Å². The zero-order valence-corrected chi connectivity index (χ0v) is 12.7. The van der Waals surface area contributed by atoms with Crippen molar-refractivity contribution in [1.29, 1.82) is 0 Å². The number of rotatable bonds is 4. The van der Waals surface area contributed by atoms with Crippen LogP contribution in [0, 0.1) is 5.92 Å². The normalized spacial score (nSPS) is 21.4. The van der Waals surface area contributed by atoms with Crippen LogP contribution in [0.2, 0.25) is 0 Å². The third-order valence-electron chi connectivity index (χ3n) is 4.62. The first-order valence-corrected chi connectivity index (χ1v) is 7.85. The van der Waals surface area contributed by atoms with Crippen LogP contribution < -0.4 is 5.32 Å². The lowest BCUT2D eigenvalue weighted by molar-refractivity contribution is -0.129. The summed E-state index contributed by atoms with van der Waals surface area (Å²) in [6.07, 6.45) is 2.64. The molecule has 2 heterocycles. The van der Waals surface area contributed by atoms with Gasteiger partial charge in [0.2, 0.25) is 5.91 Å². The van der Waals surface area contributed by atoms with Gasteiger partial charge >= 0.3 is 0 Å². The van der Waals surface area contributed by atoms with E-state index in [0.29, 0.717) is 12.3 Å². The molecule has 0 aromatic heterocycles. The van der Waals surface area contributed by atoms with E-state index in [1.54, 1.807) is 7.11 Å². The summed E-state index contributed by atoms with van der Waals surface area (Å²) in [7, 11) is 1.73. The van der Waals surface area contributed by atoms with Gasteiger partial charge in [-0.1, -0.05) is 18.2 Å². The van der Waals surface area contributed by atoms with Crippen LogP contribution >= 0.6 is 0 Å². The fraction of sp³-hybridized carbons (Fsp3) is 0.588. The standard InChI is InChI=1S/C17H24N2O2/c1-21-12-13-6-8-19(11-13)17(20)9-14-3-2-4-15-10-18-7-5-16(14)15/h2-4,13,18H,5-12H2,1H3. The smallest absolute Gasteiger partial charge is 0.227 e. The minimum atomic E-state index is 0.264. The predicted molar refractivity (Wildman–Crippen MR) is 82.1 cm³/mol. The second kappa shape index (κ2) is 6.58. The maximum atomic E-state index is 12.5. The van der Waals surface area contributed by atoms with Gasteiger partial charge in [0.25, 0.3) is 0 Å². The van der Waals surface area contributed by atoms with E-state index in [4.69, 9.17) is 4.74 Å². The highest BCUT2D eigenvalue weighted by Crippen LogP contribution is 2.22. The van der Waals surface area contributed by atoms with Crippen LogP contribution in [0.25, 0.3) is 0 Å². The Labute approximate surface area is 126 Å². The molecule has 21 heavy (non-hydrogen) atoms. The van der Waals surface area contributed by atoms with E-state index in [1.165, 1.54) is 16.7 Å². The van der Waals surface area contributed by atoms with Crippen LogP contribution in [0.3, 0.4) is 0 Å². The van der Waals surface area contributed by atoms with Gasteiger partial charge in [-0.3, -0.25) is 4.79 Å². The van der Waals surface area contributed by atoms with Crippen LogP contribution in [0.15, 0.2) is 18.2 Å². The summed E-state index contributed by atoms with van der Waals surface area (Å²) >= 11 is 0. The minimum absolute atomic E-state index is 0.264. The molecule has 0 radical (unpaired) electrons. The van der Waals surface area contributed by atoms with E-state index in [0.717, 1.165) is 45.6 Å². The lowest BCUT2D eigenvalue weighted by Crippen LogP contribution is -2.31. The molecule has 1 N–H and O–H groups in total. The molecule has 1 atom stereocenters. The number of carbonyl (C=O) groups is 1. The van der Waals surface area contributed by atoms with Crippen molar-refractivity contribution in [2.75, 3.05) is 33.4 Å². The molecule has 0 saturated carbocycles. The molecule has 4 nitrogen and oxygen atoms in total. The Balaban J connectivity index is 1.66. The quantitative estimate of drug-likeness (QED) is 0.910. The van der Waals surface area contributed by atoms with Gasteiger partial charge in [-0.15, -0.1) is 0 Å². The second-order valence-electron chi connectivity index (χ2n) is 6.11.